The minimum Gasteiger partial charge on any atom is -0.433 e. The normalized spacial score (nSPS) is 12.4. The topological polar surface area (TPSA) is 92.8 Å². The molecule has 2 aromatic carbocycles. The van der Waals surface area contributed by atoms with Crippen molar-refractivity contribution in [1.82, 2.24) is 4.31 Å². The van der Waals surface area contributed by atoms with Crippen LogP contribution in [0, 0.1) is 0 Å². The number of halogens is 2. The standard InChI is InChI=1S/C15H16F2N2O5S2/c1-19(2)26(22,23)12-9-7-11(8-10-12)25(20,21)18-13-5-3-4-6-14(13)24-15(16)17/h3-10,15,18H,1-2H3. The van der Waals surface area contributed by atoms with E-state index in [0.717, 1.165) is 28.6 Å². The van der Waals surface area contributed by atoms with Crippen molar-refractivity contribution < 1.29 is 30.4 Å². The highest BCUT2D eigenvalue weighted by Gasteiger charge is 2.21. The van der Waals surface area contributed by atoms with Gasteiger partial charge >= 0.3 is 6.61 Å². The van der Waals surface area contributed by atoms with Crippen molar-refractivity contribution in [2.24, 2.45) is 0 Å². The highest BCUT2D eigenvalue weighted by molar-refractivity contribution is 7.92. The first-order valence-electron chi connectivity index (χ1n) is 7.13. The molecule has 0 aromatic heterocycles. The van der Waals surface area contributed by atoms with Gasteiger partial charge in [-0.15, -0.1) is 0 Å². The Bertz CT molecular complexity index is 975. The van der Waals surface area contributed by atoms with E-state index in [1.165, 1.54) is 38.4 Å². The van der Waals surface area contributed by atoms with Gasteiger partial charge in [0.25, 0.3) is 10.0 Å². The highest BCUT2D eigenvalue weighted by atomic mass is 32.2. The Morgan fingerprint density at radius 1 is 0.923 bits per heavy atom. The Labute approximate surface area is 150 Å². The third kappa shape index (κ3) is 4.48. The zero-order chi connectivity index (χ0) is 19.5. The fourth-order valence-electron chi connectivity index (χ4n) is 1.95. The minimum atomic E-state index is -4.14. The predicted octanol–water partition coefficient (Wildman–Crippen LogP) is 2.34. The van der Waals surface area contributed by atoms with Gasteiger partial charge in [-0.25, -0.2) is 21.1 Å². The van der Waals surface area contributed by atoms with Crippen LogP contribution < -0.4 is 9.46 Å². The fraction of sp³-hybridized carbons (Fsp3) is 0.200. The molecule has 7 nitrogen and oxygen atoms in total. The fourth-order valence-corrected chi connectivity index (χ4v) is 3.93. The van der Waals surface area contributed by atoms with Crippen LogP contribution in [-0.2, 0) is 20.0 Å². The van der Waals surface area contributed by atoms with Crippen LogP contribution in [0.1, 0.15) is 0 Å². The van der Waals surface area contributed by atoms with Crippen LogP contribution in [0.4, 0.5) is 14.5 Å². The molecule has 0 bridgehead atoms. The number of rotatable bonds is 7. The number of para-hydroxylation sites is 2. The molecule has 0 aliphatic heterocycles. The maximum atomic E-state index is 12.4. The Balaban J connectivity index is 2.32. The number of alkyl halides is 2. The minimum absolute atomic E-state index is 0.0807. The van der Waals surface area contributed by atoms with E-state index in [1.807, 2.05) is 0 Å². The van der Waals surface area contributed by atoms with E-state index in [4.69, 9.17) is 0 Å². The van der Waals surface area contributed by atoms with Crippen molar-refractivity contribution in [1.29, 1.82) is 0 Å². The molecule has 2 rings (SSSR count). The maximum absolute atomic E-state index is 12.4. The molecule has 0 spiro atoms. The van der Waals surface area contributed by atoms with Crippen molar-refractivity contribution in [2.75, 3.05) is 18.8 Å². The Morgan fingerprint density at radius 3 is 2.00 bits per heavy atom. The van der Waals surface area contributed by atoms with E-state index in [2.05, 4.69) is 9.46 Å². The summed E-state index contributed by atoms with van der Waals surface area (Å²) in [5, 5.41) is 0. The lowest BCUT2D eigenvalue weighted by Crippen LogP contribution is -2.22. The lowest BCUT2D eigenvalue weighted by atomic mass is 10.3. The molecule has 0 aliphatic carbocycles. The van der Waals surface area contributed by atoms with E-state index in [-0.39, 0.29) is 21.2 Å². The van der Waals surface area contributed by atoms with Gasteiger partial charge in [-0.2, -0.15) is 8.78 Å². The van der Waals surface area contributed by atoms with Crippen LogP contribution in [-0.4, -0.2) is 41.8 Å². The van der Waals surface area contributed by atoms with E-state index in [0.29, 0.717) is 0 Å². The zero-order valence-electron chi connectivity index (χ0n) is 13.8. The number of ether oxygens (including phenoxy) is 1. The summed E-state index contributed by atoms with van der Waals surface area (Å²) in [4.78, 5) is -0.315. The van der Waals surface area contributed by atoms with Crippen molar-refractivity contribution in [3.05, 3.63) is 48.5 Å². The van der Waals surface area contributed by atoms with Gasteiger partial charge in [-0.05, 0) is 36.4 Å². The third-order valence-corrected chi connectivity index (χ3v) is 6.47. The van der Waals surface area contributed by atoms with Crippen LogP contribution in [0.2, 0.25) is 0 Å². The summed E-state index contributed by atoms with van der Waals surface area (Å²) in [6.07, 6.45) is 0. The van der Waals surface area contributed by atoms with Gasteiger partial charge < -0.3 is 4.74 Å². The van der Waals surface area contributed by atoms with Crippen molar-refractivity contribution >= 4 is 25.7 Å². The molecule has 26 heavy (non-hydrogen) atoms. The van der Waals surface area contributed by atoms with Gasteiger partial charge in [0.2, 0.25) is 10.0 Å². The van der Waals surface area contributed by atoms with Crippen LogP contribution in [0.25, 0.3) is 0 Å². The van der Waals surface area contributed by atoms with E-state index < -0.39 is 26.7 Å². The van der Waals surface area contributed by atoms with Gasteiger partial charge in [-0.3, -0.25) is 4.72 Å². The molecule has 0 radical (unpaired) electrons. The summed E-state index contributed by atoms with van der Waals surface area (Å²) in [7, 11) is -5.14. The number of hydrogen-bond donors (Lipinski definition) is 1. The highest BCUT2D eigenvalue weighted by Crippen LogP contribution is 2.28. The van der Waals surface area contributed by atoms with Crippen molar-refractivity contribution in [2.45, 2.75) is 16.4 Å². The SMILES string of the molecule is CN(C)S(=O)(=O)c1ccc(S(=O)(=O)Nc2ccccc2OC(F)F)cc1. The molecule has 1 N–H and O–H groups in total. The second-order valence-corrected chi connectivity index (χ2v) is 9.07. The third-order valence-electron chi connectivity index (χ3n) is 3.26. The van der Waals surface area contributed by atoms with Crippen LogP contribution in [0.15, 0.2) is 58.3 Å². The van der Waals surface area contributed by atoms with Gasteiger partial charge in [0.15, 0.2) is 0 Å². The van der Waals surface area contributed by atoms with E-state index in [1.54, 1.807) is 0 Å². The summed E-state index contributed by atoms with van der Waals surface area (Å²) < 4.78 is 81.1. The summed E-state index contributed by atoms with van der Waals surface area (Å²) >= 11 is 0. The summed E-state index contributed by atoms with van der Waals surface area (Å²) in [5.41, 5.74) is -0.169. The summed E-state index contributed by atoms with van der Waals surface area (Å²) in [6, 6.07) is 9.82. The molecule has 142 valence electrons. The summed E-state index contributed by atoms with van der Waals surface area (Å²) in [5.74, 6) is -0.335. The molecule has 0 unspecified atom stereocenters. The largest absolute Gasteiger partial charge is 0.433 e. The zero-order valence-corrected chi connectivity index (χ0v) is 15.4. The quantitative estimate of drug-likeness (QED) is 0.762. The van der Waals surface area contributed by atoms with Crippen LogP contribution in [0.5, 0.6) is 5.75 Å². The number of nitrogens with zero attached hydrogens (tertiary/aromatic N) is 1. The average Bonchev–Trinajstić information content (AvgIpc) is 2.56. The first kappa shape index (κ1) is 20.1. The lowest BCUT2D eigenvalue weighted by Gasteiger charge is -2.14. The molecule has 11 heteroatoms. The Kier molecular flexibility index (Phi) is 5.84. The predicted molar refractivity (Wildman–Crippen MR) is 91.2 cm³/mol. The lowest BCUT2D eigenvalue weighted by molar-refractivity contribution is -0.0493. The monoisotopic (exact) mass is 406 g/mol. The summed E-state index contributed by atoms with van der Waals surface area (Å²) in [6.45, 7) is -3.11. The molecule has 0 fully saturated rings. The van der Waals surface area contributed by atoms with Gasteiger partial charge in [0.1, 0.15) is 5.75 Å². The van der Waals surface area contributed by atoms with Crippen molar-refractivity contribution in [3.8, 4) is 5.75 Å². The number of sulfonamides is 2. The molecule has 0 aliphatic rings. The number of benzene rings is 2. The molecular weight excluding hydrogens is 390 g/mol. The average molecular weight is 406 g/mol. The second kappa shape index (κ2) is 7.56. The first-order valence-corrected chi connectivity index (χ1v) is 10.1. The van der Waals surface area contributed by atoms with Gasteiger partial charge in [0.05, 0.1) is 15.5 Å². The Morgan fingerprint density at radius 2 is 1.46 bits per heavy atom. The van der Waals surface area contributed by atoms with Crippen LogP contribution in [0.3, 0.4) is 0 Å². The van der Waals surface area contributed by atoms with Gasteiger partial charge in [-0.1, -0.05) is 12.1 Å². The molecule has 0 heterocycles. The number of anilines is 1. The van der Waals surface area contributed by atoms with Crippen LogP contribution >= 0.6 is 0 Å². The Hall–Kier alpha value is -2.24. The molecule has 0 amide bonds. The molecule has 0 saturated heterocycles. The smallest absolute Gasteiger partial charge is 0.387 e. The number of hydrogen-bond acceptors (Lipinski definition) is 5. The second-order valence-electron chi connectivity index (χ2n) is 5.24. The number of nitrogens with one attached hydrogen (secondary N) is 1. The maximum Gasteiger partial charge on any atom is 0.387 e. The molecule has 2 aromatic rings. The molecule has 0 saturated carbocycles. The first-order chi connectivity index (χ1) is 12.0. The van der Waals surface area contributed by atoms with E-state index >= 15 is 0 Å². The van der Waals surface area contributed by atoms with E-state index in [9.17, 15) is 25.6 Å². The molecule has 0 atom stereocenters. The van der Waals surface area contributed by atoms with Gasteiger partial charge in [0, 0.05) is 14.1 Å². The molecular formula is C15H16F2N2O5S2. The van der Waals surface area contributed by atoms with Crippen molar-refractivity contribution in [3.63, 3.8) is 0 Å².